The predicted molar refractivity (Wildman–Crippen MR) is 56.6 cm³/mol. The van der Waals surface area contributed by atoms with E-state index in [-0.39, 0.29) is 6.04 Å². The standard InChI is InChI=1S/C11H21NO/c1-5-7-11(6-2)12-8-10(3)9-13-4/h2,10-12H,5,7-9H2,1,3-4H3. The second-order valence-corrected chi connectivity index (χ2v) is 3.48. The van der Waals surface area contributed by atoms with E-state index < -0.39 is 0 Å². The molecule has 2 nitrogen and oxygen atoms in total. The molecule has 76 valence electrons. The van der Waals surface area contributed by atoms with E-state index in [1.54, 1.807) is 7.11 Å². The summed E-state index contributed by atoms with van der Waals surface area (Å²) >= 11 is 0. The molecule has 2 atom stereocenters. The summed E-state index contributed by atoms with van der Waals surface area (Å²) in [5.41, 5.74) is 0. The summed E-state index contributed by atoms with van der Waals surface area (Å²) in [5.74, 6) is 3.27. The van der Waals surface area contributed by atoms with Gasteiger partial charge in [0.05, 0.1) is 6.04 Å². The maximum atomic E-state index is 5.38. The molecule has 0 heterocycles. The molecule has 0 aromatic heterocycles. The highest BCUT2D eigenvalue weighted by Crippen LogP contribution is 1.98. The molecule has 0 aromatic rings. The zero-order chi connectivity index (χ0) is 10.1. The van der Waals surface area contributed by atoms with E-state index in [0.29, 0.717) is 5.92 Å². The summed E-state index contributed by atoms with van der Waals surface area (Å²) in [5, 5.41) is 3.34. The Morgan fingerprint density at radius 2 is 2.23 bits per heavy atom. The highest BCUT2D eigenvalue weighted by Gasteiger charge is 2.05. The van der Waals surface area contributed by atoms with Crippen LogP contribution in [-0.2, 0) is 4.74 Å². The van der Waals surface area contributed by atoms with Gasteiger partial charge in [-0.15, -0.1) is 6.42 Å². The lowest BCUT2D eigenvalue weighted by molar-refractivity contribution is 0.157. The lowest BCUT2D eigenvalue weighted by Gasteiger charge is -2.15. The molecule has 13 heavy (non-hydrogen) atoms. The fourth-order valence-electron chi connectivity index (χ4n) is 1.22. The third kappa shape index (κ3) is 6.62. The minimum absolute atomic E-state index is 0.226. The molecule has 0 fully saturated rings. The van der Waals surface area contributed by atoms with Crippen molar-refractivity contribution in [2.24, 2.45) is 5.92 Å². The van der Waals surface area contributed by atoms with Gasteiger partial charge in [0.15, 0.2) is 0 Å². The Morgan fingerprint density at radius 1 is 1.54 bits per heavy atom. The van der Waals surface area contributed by atoms with Crippen LogP contribution in [0.2, 0.25) is 0 Å². The Labute approximate surface area is 82.1 Å². The number of ether oxygens (including phenoxy) is 1. The molecule has 0 aliphatic rings. The molecule has 0 radical (unpaired) electrons. The molecule has 0 aliphatic carbocycles. The summed E-state index contributed by atoms with van der Waals surface area (Å²) in [4.78, 5) is 0. The van der Waals surface area contributed by atoms with Crippen molar-refractivity contribution in [3.63, 3.8) is 0 Å². The van der Waals surface area contributed by atoms with E-state index >= 15 is 0 Å². The van der Waals surface area contributed by atoms with Gasteiger partial charge >= 0.3 is 0 Å². The van der Waals surface area contributed by atoms with E-state index in [1.165, 1.54) is 0 Å². The van der Waals surface area contributed by atoms with Crippen LogP contribution < -0.4 is 5.32 Å². The van der Waals surface area contributed by atoms with E-state index in [4.69, 9.17) is 11.2 Å². The fraction of sp³-hybridized carbons (Fsp3) is 0.818. The van der Waals surface area contributed by atoms with Crippen LogP contribution in [0, 0.1) is 18.3 Å². The topological polar surface area (TPSA) is 21.3 Å². The zero-order valence-electron chi connectivity index (χ0n) is 8.97. The van der Waals surface area contributed by atoms with Gasteiger partial charge in [-0.05, 0) is 12.3 Å². The van der Waals surface area contributed by atoms with Crippen LogP contribution in [0.15, 0.2) is 0 Å². The Morgan fingerprint density at radius 3 is 2.69 bits per heavy atom. The highest BCUT2D eigenvalue weighted by atomic mass is 16.5. The average Bonchev–Trinajstić information content (AvgIpc) is 2.12. The molecule has 0 rings (SSSR count). The quantitative estimate of drug-likeness (QED) is 0.606. The van der Waals surface area contributed by atoms with Crippen molar-refractivity contribution in [3.05, 3.63) is 0 Å². The zero-order valence-corrected chi connectivity index (χ0v) is 8.97. The van der Waals surface area contributed by atoms with Gasteiger partial charge in [0.2, 0.25) is 0 Å². The number of hydrogen-bond donors (Lipinski definition) is 1. The summed E-state index contributed by atoms with van der Waals surface area (Å²) in [6, 6.07) is 0.226. The van der Waals surface area contributed by atoms with Crippen LogP contribution in [-0.4, -0.2) is 26.3 Å². The van der Waals surface area contributed by atoms with Gasteiger partial charge in [0, 0.05) is 20.3 Å². The van der Waals surface area contributed by atoms with Crippen molar-refractivity contribution < 1.29 is 4.74 Å². The molecule has 0 spiro atoms. The van der Waals surface area contributed by atoms with Gasteiger partial charge < -0.3 is 10.1 Å². The van der Waals surface area contributed by atoms with E-state index in [9.17, 15) is 0 Å². The molecule has 1 N–H and O–H groups in total. The minimum Gasteiger partial charge on any atom is -0.384 e. The number of hydrogen-bond acceptors (Lipinski definition) is 2. The predicted octanol–water partition coefficient (Wildman–Crippen LogP) is 1.66. The molecule has 0 saturated heterocycles. The average molecular weight is 183 g/mol. The van der Waals surface area contributed by atoms with Gasteiger partial charge in [-0.25, -0.2) is 0 Å². The van der Waals surface area contributed by atoms with Crippen molar-refractivity contribution in [2.75, 3.05) is 20.3 Å². The summed E-state index contributed by atoms with van der Waals surface area (Å²) < 4.78 is 5.04. The largest absolute Gasteiger partial charge is 0.384 e. The third-order valence-electron chi connectivity index (χ3n) is 1.94. The lowest BCUT2D eigenvalue weighted by atomic mass is 10.1. The second kappa shape index (κ2) is 8.10. The van der Waals surface area contributed by atoms with Crippen molar-refractivity contribution in [2.45, 2.75) is 32.7 Å². The second-order valence-electron chi connectivity index (χ2n) is 3.48. The van der Waals surface area contributed by atoms with E-state index in [2.05, 4.69) is 25.1 Å². The first-order valence-electron chi connectivity index (χ1n) is 4.93. The van der Waals surface area contributed by atoms with Gasteiger partial charge in [0.1, 0.15) is 0 Å². The molecule has 0 aromatic carbocycles. The van der Waals surface area contributed by atoms with Crippen LogP contribution in [0.1, 0.15) is 26.7 Å². The van der Waals surface area contributed by atoms with Crippen molar-refractivity contribution in [1.29, 1.82) is 0 Å². The first-order valence-corrected chi connectivity index (χ1v) is 4.93. The Balaban J connectivity index is 3.54. The van der Waals surface area contributed by atoms with Crippen LogP contribution in [0.3, 0.4) is 0 Å². The number of nitrogens with one attached hydrogen (secondary N) is 1. The third-order valence-corrected chi connectivity index (χ3v) is 1.94. The Kier molecular flexibility index (Phi) is 7.77. The smallest absolute Gasteiger partial charge is 0.0686 e. The maximum absolute atomic E-state index is 5.38. The molecular formula is C11H21NO. The van der Waals surface area contributed by atoms with Gasteiger partial charge in [0.25, 0.3) is 0 Å². The molecule has 0 amide bonds. The summed E-state index contributed by atoms with van der Waals surface area (Å²) in [7, 11) is 1.72. The first kappa shape index (κ1) is 12.5. The van der Waals surface area contributed by atoms with Gasteiger partial charge in [-0.1, -0.05) is 26.2 Å². The Bertz CT molecular complexity index is 151. The monoisotopic (exact) mass is 183 g/mol. The molecule has 2 unspecified atom stereocenters. The Hall–Kier alpha value is -0.520. The maximum Gasteiger partial charge on any atom is 0.0686 e. The van der Waals surface area contributed by atoms with E-state index in [1.807, 2.05) is 0 Å². The molecule has 0 saturated carbocycles. The molecule has 0 aliphatic heterocycles. The van der Waals surface area contributed by atoms with Crippen LogP contribution in [0.4, 0.5) is 0 Å². The van der Waals surface area contributed by atoms with E-state index in [0.717, 1.165) is 26.0 Å². The fourth-order valence-corrected chi connectivity index (χ4v) is 1.22. The SMILES string of the molecule is C#CC(CCC)NCC(C)COC. The minimum atomic E-state index is 0.226. The van der Waals surface area contributed by atoms with Crippen molar-refractivity contribution >= 4 is 0 Å². The van der Waals surface area contributed by atoms with Gasteiger partial charge in [-0.2, -0.15) is 0 Å². The van der Waals surface area contributed by atoms with Crippen LogP contribution in [0.25, 0.3) is 0 Å². The van der Waals surface area contributed by atoms with Gasteiger partial charge in [-0.3, -0.25) is 0 Å². The van der Waals surface area contributed by atoms with Crippen molar-refractivity contribution in [3.8, 4) is 12.3 Å². The first-order chi connectivity index (χ1) is 6.24. The van der Waals surface area contributed by atoms with Crippen LogP contribution in [0.5, 0.6) is 0 Å². The highest BCUT2D eigenvalue weighted by molar-refractivity contribution is 4.98. The number of rotatable bonds is 7. The van der Waals surface area contributed by atoms with Crippen molar-refractivity contribution in [1.82, 2.24) is 5.32 Å². The number of methoxy groups -OCH3 is 1. The summed E-state index contributed by atoms with van der Waals surface area (Å²) in [6.45, 7) is 6.01. The molecule has 0 bridgehead atoms. The molecule has 2 heteroatoms. The van der Waals surface area contributed by atoms with Crippen LogP contribution >= 0.6 is 0 Å². The molecular weight excluding hydrogens is 162 g/mol. The normalized spacial score (nSPS) is 14.9. The summed E-state index contributed by atoms with van der Waals surface area (Å²) in [6.07, 6.45) is 7.55. The number of terminal acetylenes is 1. The lowest BCUT2D eigenvalue weighted by Crippen LogP contribution is -2.32.